The fourth-order valence-corrected chi connectivity index (χ4v) is 1.21. The summed E-state index contributed by atoms with van der Waals surface area (Å²) in [6, 6.07) is 3.02. The minimum Gasteiger partial charge on any atom is -0.351 e. The molecular formula is C11H10N4O. The zero-order valence-corrected chi connectivity index (χ0v) is 8.74. The molecule has 0 aliphatic carbocycles. The van der Waals surface area contributed by atoms with Gasteiger partial charge in [-0.05, 0) is 25.0 Å². The molecule has 0 spiro atoms. The normalized spacial score (nSPS) is 18.4. The second kappa shape index (κ2) is 4.03. The lowest BCUT2D eigenvalue weighted by Gasteiger charge is -1.96. The van der Waals surface area contributed by atoms with Crippen LogP contribution in [0.4, 0.5) is 0 Å². The van der Waals surface area contributed by atoms with Crippen LogP contribution in [-0.4, -0.2) is 22.1 Å². The van der Waals surface area contributed by atoms with Crippen molar-refractivity contribution >= 4 is 5.91 Å². The number of rotatable bonds is 0. The molecule has 2 rings (SSSR count). The molecule has 0 saturated carbocycles. The number of carbonyl (C=O) groups is 1. The van der Waals surface area contributed by atoms with Crippen LogP contribution in [0.5, 0.6) is 0 Å². The van der Waals surface area contributed by atoms with Crippen molar-refractivity contribution < 1.29 is 4.79 Å². The molecule has 1 amide bonds. The van der Waals surface area contributed by atoms with Gasteiger partial charge in [0.15, 0.2) is 6.04 Å². The number of amides is 1. The van der Waals surface area contributed by atoms with E-state index in [4.69, 9.17) is 0 Å². The van der Waals surface area contributed by atoms with Crippen LogP contribution in [0.25, 0.3) is 0 Å². The van der Waals surface area contributed by atoms with Gasteiger partial charge in [-0.2, -0.15) is 5.10 Å². The van der Waals surface area contributed by atoms with Crippen LogP contribution >= 0.6 is 0 Å². The predicted octanol–water partition coefficient (Wildman–Crippen LogP) is -0.304. The molecule has 0 aromatic carbocycles. The average molecular weight is 214 g/mol. The van der Waals surface area contributed by atoms with E-state index in [2.05, 4.69) is 39.3 Å². The maximum absolute atomic E-state index is 11.3. The van der Waals surface area contributed by atoms with Gasteiger partial charge in [0, 0.05) is 0 Å². The standard InChI is InChI=1S/C11H10N4O/c1-7-3-4-9(15-14-7)5-6-10-11(16)13-8(2)12-10/h3-4,10,12H,2H2,1H3,(H,13,16). The first-order valence-corrected chi connectivity index (χ1v) is 4.73. The smallest absolute Gasteiger partial charge is 0.260 e. The van der Waals surface area contributed by atoms with Crippen molar-refractivity contribution in [2.24, 2.45) is 0 Å². The Morgan fingerprint density at radius 2 is 2.25 bits per heavy atom. The molecule has 1 saturated heterocycles. The Bertz CT molecular complexity index is 495. The quantitative estimate of drug-likeness (QED) is 0.582. The first-order chi connectivity index (χ1) is 7.65. The minimum absolute atomic E-state index is 0.197. The number of aromatic nitrogens is 2. The summed E-state index contributed by atoms with van der Waals surface area (Å²) >= 11 is 0. The van der Waals surface area contributed by atoms with Crippen LogP contribution in [0, 0.1) is 18.8 Å². The molecule has 16 heavy (non-hydrogen) atoms. The molecule has 2 N–H and O–H groups in total. The van der Waals surface area contributed by atoms with Crippen LogP contribution in [0.3, 0.4) is 0 Å². The van der Waals surface area contributed by atoms with Gasteiger partial charge in [0.25, 0.3) is 5.91 Å². The zero-order valence-electron chi connectivity index (χ0n) is 8.74. The van der Waals surface area contributed by atoms with E-state index >= 15 is 0 Å². The van der Waals surface area contributed by atoms with Gasteiger partial charge in [-0.3, -0.25) is 4.79 Å². The van der Waals surface area contributed by atoms with Gasteiger partial charge in [-0.25, -0.2) is 0 Å². The van der Waals surface area contributed by atoms with Gasteiger partial charge < -0.3 is 10.6 Å². The minimum atomic E-state index is -0.560. The second-order valence-corrected chi connectivity index (χ2v) is 3.37. The van der Waals surface area contributed by atoms with Crippen molar-refractivity contribution in [2.45, 2.75) is 13.0 Å². The summed E-state index contributed by atoms with van der Waals surface area (Å²) in [5.41, 5.74) is 1.37. The molecule has 1 atom stereocenters. The van der Waals surface area contributed by atoms with Crippen LogP contribution in [-0.2, 0) is 4.79 Å². The Morgan fingerprint density at radius 1 is 1.44 bits per heavy atom. The predicted molar refractivity (Wildman–Crippen MR) is 57.9 cm³/mol. The third kappa shape index (κ3) is 2.17. The van der Waals surface area contributed by atoms with E-state index < -0.39 is 6.04 Å². The SMILES string of the molecule is C=C1NC(=O)C(C#Cc2ccc(C)nn2)N1. The van der Waals surface area contributed by atoms with Crippen molar-refractivity contribution in [3.63, 3.8) is 0 Å². The highest BCUT2D eigenvalue weighted by atomic mass is 16.2. The van der Waals surface area contributed by atoms with Crippen LogP contribution in [0.2, 0.25) is 0 Å². The average Bonchev–Trinajstić information content (AvgIpc) is 2.57. The van der Waals surface area contributed by atoms with Crippen molar-refractivity contribution in [3.8, 4) is 11.8 Å². The van der Waals surface area contributed by atoms with E-state index in [9.17, 15) is 4.79 Å². The zero-order chi connectivity index (χ0) is 11.5. The summed E-state index contributed by atoms with van der Waals surface area (Å²) in [5, 5.41) is 13.1. The van der Waals surface area contributed by atoms with Crippen LogP contribution in [0.1, 0.15) is 11.4 Å². The van der Waals surface area contributed by atoms with Gasteiger partial charge in [-0.1, -0.05) is 12.5 Å². The first kappa shape index (κ1) is 10.2. The number of nitrogens with one attached hydrogen (secondary N) is 2. The van der Waals surface area contributed by atoms with Gasteiger partial charge >= 0.3 is 0 Å². The molecule has 5 nitrogen and oxygen atoms in total. The highest BCUT2D eigenvalue weighted by molar-refractivity contribution is 5.89. The summed E-state index contributed by atoms with van der Waals surface area (Å²) in [6.45, 7) is 5.43. The van der Waals surface area contributed by atoms with Crippen LogP contribution < -0.4 is 10.6 Å². The fourth-order valence-electron chi connectivity index (χ4n) is 1.21. The molecule has 2 heterocycles. The maximum Gasteiger partial charge on any atom is 0.260 e. The number of hydrogen-bond acceptors (Lipinski definition) is 4. The number of hydrogen-bond donors (Lipinski definition) is 2. The van der Waals surface area contributed by atoms with E-state index in [1.807, 2.05) is 13.0 Å². The maximum atomic E-state index is 11.3. The number of nitrogens with zero attached hydrogens (tertiary/aromatic N) is 2. The lowest BCUT2D eigenvalue weighted by molar-refractivity contribution is -0.119. The van der Waals surface area contributed by atoms with Gasteiger partial charge in [0.05, 0.1) is 11.5 Å². The fraction of sp³-hybridized carbons (Fsp3) is 0.182. The van der Waals surface area contributed by atoms with E-state index in [0.29, 0.717) is 11.5 Å². The van der Waals surface area contributed by atoms with E-state index in [1.54, 1.807) is 6.07 Å². The molecule has 5 heteroatoms. The van der Waals surface area contributed by atoms with Crippen molar-refractivity contribution in [1.29, 1.82) is 0 Å². The van der Waals surface area contributed by atoms with Crippen molar-refractivity contribution in [3.05, 3.63) is 35.9 Å². The molecular weight excluding hydrogens is 204 g/mol. The van der Waals surface area contributed by atoms with Crippen molar-refractivity contribution in [1.82, 2.24) is 20.8 Å². The van der Waals surface area contributed by atoms with Gasteiger partial charge in [-0.15, -0.1) is 5.10 Å². The van der Waals surface area contributed by atoms with Crippen molar-refractivity contribution in [2.75, 3.05) is 0 Å². The summed E-state index contributed by atoms with van der Waals surface area (Å²) in [5.74, 6) is 5.81. The Hall–Kier alpha value is -2.35. The summed E-state index contributed by atoms with van der Waals surface area (Å²) in [6.07, 6.45) is 0. The van der Waals surface area contributed by atoms with Crippen LogP contribution in [0.15, 0.2) is 24.5 Å². The first-order valence-electron chi connectivity index (χ1n) is 4.73. The molecule has 0 bridgehead atoms. The molecule has 1 fully saturated rings. The number of aryl methyl sites for hydroxylation is 1. The molecule has 1 aliphatic heterocycles. The van der Waals surface area contributed by atoms with E-state index in [-0.39, 0.29) is 5.91 Å². The number of carbonyl (C=O) groups excluding carboxylic acids is 1. The third-order valence-electron chi connectivity index (χ3n) is 2.00. The Balaban J connectivity index is 2.13. The highest BCUT2D eigenvalue weighted by Crippen LogP contribution is 1.97. The van der Waals surface area contributed by atoms with E-state index in [1.165, 1.54) is 0 Å². The summed E-state index contributed by atoms with van der Waals surface area (Å²) < 4.78 is 0. The molecule has 1 aromatic rings. The second-order valence-electron chi connectivity index (χ2n) is 3.37. The summed E-state index contributed by atoms with van der Waals surface area (Å²) in [7, 11) is 0. The molecule has 1 unspecified atom stereocenters. The summed E-state index contributed by atoms with van der Waals surface area (Å²) in [4.78, 5) is 11.3. The highest BCUT2D eigenvalue weighted by Gasteiger charge is 2.23. The topological polar surface area (TPSA) is 66.9 Å². The lowest BCUT2D eigenvalue weighted by atomic mass is 10.3. The Morgan fingerprint density at radius 3 is 2.81 bits per heavy atom. The molecule has 0 radical (unpaired) electrons. The Kier molecular flexibility index (Phi) is 2.56. The lowest BCUT2D eigenvalue weighted by Crippen LogP contribution is -2.26. The molecule has 80 valence electrons. The van der Waals surface area contributed by atoms with E-state index in [0.717, 1.165) is 5.69 Å². The van der Waals surface area contributed by atoms with Gasteiger partial charge in [0.2, 0.25) is 0 Å². The largest absolute Gasteiger partial charge is 0.351 e. The Labute approximate surface area is 93.0 Å². The van der Waals surface area contributed by atoms with Gasteiger partial charge in [0.1, 0.15) is 5.69 Å². The molecule has 1 aliphatic rings. The molecule has 1 aromatic heterocycles. The monoisotopic (exact) mass is 214 g/mol. The third-order valence-corrected chi connectivity index (χ3v) is 2.00.